The smallest absolute Gasteiger partial charge is 0.314 e. The number of amides is 1. The lowest BCUT2D eigenvalue weighted by atomic mass is 10.2. The second-order valence-electron chi connectivity index (χ2n) is 3.54. The first-order valence-electron chi connectivity index (χ1n) is 4.88. The quantitative estimate of drug-likeness (QED) is 0.757. The van der Waals surface area contributed by atoms with E-state index in [1.165, 1.54) is 6.20 Å². The molecular weight excluding hydrogens is 194 g/mol. The van der Waals surface area contributed by atoms with Gasteiger partial charge < -0.3 is 10.4 Å². The highest BCUT2D eigenvalue weighted by Gasteiger charge is 2.05. The van der Waals surface area contributed by atoms with Crippen LogP contribution in [-0.2, 0) is 11.2 Å². The fourth-order valence-corrected chi connectivity index (χ4v) is 1.04. The Morgan fingerprint density at radius 3 is 2.93 bits per heavy atom. The Morgan fingerprint density at radius 2 is 2.33 bits per heavy atom. The predicted molar refractivity (Wildman–Crippen MR) is 55.2 cm³/mol. The molecule has 0 aromatic carbocycles. The molecule has 0 aliphatic rings. The van der Waals surface area contributed by atoms with E-state index in [9.17, 15) is 4.79 Å². The number of hydrogen-bond donors (Lipinski definition) is 2. The average Bonchev–Trinajstić information content (AvgIpc) is 2.17. The molecule has 0 spiro atoms. The van der Waals surface area contributed by atoms with Crippen molar-refractivity contribution in [2.75, 3.05) is 6.54 Å². The number of nitrogens with one attached hydrogen (secondary N) is 1. The number of aromatic nitrogens is 2. The van der Waals surface area contributed by atoms with E-state index in [4.69, 9.17) is 5.11 Å². The van der Waals surface area contributed by atoms with Gasteiger partial charge in [0.05, 0.1) is 0 Å². The summed E-state index contributed by atoms with van der Waals surface area (Å²) in [6, 6.07) is 1.48. The molecule has 1 amide bonds. The van der Waals surface area contributed by atoms with Crippen molar-refractivity contribution in [3.8, 4) is 6.01 Å². The van der Waals surface area contributed by atoms with E-state index >= 15 is 0 Å². The first kappa shape index (κ1) is 11.4. The van der Waals surface area contributed by atoms with Gasteiger partial charge in [-0.2, -0.15) is 0 Å². The summed E-state index contributed by atoms with van der Waals surface area (Å²) in [5.74, 6) is 0.0112. The average molecular weight is 209 g/mol. The molecule has 0 atom stereocenters. The maximum Gasteiger partial charge on any atom is 0.314 e. The Balaban J connectivity index is 2.35. The van der Waals surface area contributed by atoms with Crippen molar-refractivity contribution in [3.05, 3.63) is 18.0 Å². The van der Waals surface area contributed by atoms with Gasteiger partial charge >= 0.3 is 6.01 Å². The molecule has 15 heavy (non-hydrogen) atoms. The molecule has 0 aliphatic carbocycles. The molecule has 0 fully saturated rings. The molecule has 1 heterocycles. The van der Waals surface area contributed by atoms with Crippen LogP contribution in [-0.4, -0.2) is 27.5 Å². The lowest BCUT2D eigenvalue weighted by molar-refractivity contribution is -0.123. The third-order valence-corrected chi connectivity index (χ3v) is 1.91. The van der Waals surface area contributed by atoms with Crippen molar-refractivity contribution in [2.24, 2.45) is 5.92 Å². The van der Waals surface area contributed by atoms with Crippen LogP contribution in [0.5, 0.6) is 6.01 Å². The van der Waals surface area contributed by atoms with Crippen LogP contribution in [0.25, 0.3) is 0 Å². The predicted octanol–water partition coefficient (Wildman–Crippen LogP) is 0.497. The van der Waals surface area contributed by atoms with Crippen LogP contribution in [0, 0.1) is 5.92 Å². The van der Waals surface area contributed by atoms with Crippen LogP contribution in [0.2, 0.25) is 0 Å². The summed E-state index contributed by atoms with van der Waals surface area (Å²) >= 11 is 0. The fourth-order valence-electron chi connectivity index (χ4n) is 1.04. The molecule has 1 aromatic rings. The van der Waals surface area contributed by atoms with Crippen LogP contribution in [0.15, 0.2) is 12.3 Å². The van der Waals surface area contributed by atoms with Crippen molar-refractivity contribution < 1.29 is 9.90 Å². The Bertz CT molecular complexity index is 339. The van der Waals surface area contributed by atoms with Crippen molar-refractivity contribution in [3.63, 3.8) is 0 Å². The highest BCUT2D eigenvalue weighted by Crippen LogP contribution is 2.00. The van der Waals surface area contributed by atoms with Gasteiger partial charge in [0.15, 0.2) is 0 Å². The topological polar surface area (TPSA) is 75.1 Å². The van der Waals surface area contributed by atoms with E-state index in [1.807, 2.05) is 13.8 Å². The zero-order valence-electron chi connectivity index (χ0n) is 8.90. The van der Waals surface area contributed by atoms with Crippen molar-refractivity contribution in [1.29, 1.82) is 0 Å². The van der Waals surface area contributed by atoms with Crippen LogP contribution >= 0.6 is 0 Å². The molecule has 0 saturated heterocycles. The maximum atomic E-state index is 11.2. The third kappa shape index (κ3) is 3.93. The SMILES string of the molecule is CC(C)C(=O)NCCc1ccnc(O)n1. The van der Waals surface area contributed by atoms with Gasteiger partial charge in [-0.05, 0) is 6.07 Å². The van der Waals surface area contributed by atoms with Gasteiger partial charge in [-0.1, -0.05) is 13.8 Å². The summed E-state index contributed by atoms with van der Waals surface area (Å²) in [5, 5.41) is 11.8. The van der Waals surface area contributed by atoms with E-state index < -0.39 is 0 Å². The zero-order chi connectivity index (χ0) is 11.3. The summed E-state index contributed by atoms with van der Waals surface area (Å²) in [7, 11) is 0. The van der Waals surface area contributed by atoms with Gasteiger partial charge in [-0.15, -0.1) is 0 Å². The summed E-state index contributed by atoms with van der Waals surface area (Å²) in [6.07, 6.45) is 2.08. The molecule has 82 valence electrons. The lowest BCUT2D eigenvalue weighted by Gasteiger charge is -2.06. The van der Waals surface area contributed by atoms with Crippen LogP contribution in [0.4, 0.5) is 0 Å². The molecule has 5 nitrogen and oxygen atoms in total. The molecule has 2 N–H and O–H groups in total. The molecule has 0 radical (unpaired) electrons. The van der Waals surface area contributed by atoms with Crippen molar-refractivity contribution >= 4 is 5.91 Å². The van der Waals surface area contributed by atoms with Gasteiger partial charge in [0.2, 0.25) is 5.91 Å². The monoisotopic (exact) mass is 209 g/mol. The number of carbonyl (C=O) groups is 1. The van der Waals surface area contributed by atoms with E-state index in [-0.39, 0.29) is 17.8 Å². The van der Waals surface area contributed by atoms with Crippen LogP contribution in [0.1, 0.15) is 19.5 Å². The minimum atomic E-state index is -0.234. The van der Waals surface area contributed by atoms with E-state index in [1.54, 1.807) is 6.07 Å². The number of hydrogen-bond acceptors (Lipinski definition) is 4. The summed E-state index contributed by atoms with van der Waals surface area (Å²) < 4.78 is 0. The Kier molecular flexibility index (Phi) is 4.03. The van der Waals surface area contributed by atoms with Gasteiger partial charge in [0, 0.05) is 30.8 Å². The molecule has 0 aliphatic heterocycles. The molecule has 1 aromatic heterocycles. The van der Waals surface area contributed by atoms with Gasteiger partial charge in [0.25, 0.3) is 0 Å². The van der Waals surface area contributed by atoms with Gasteiger partial charge in [-0.3, -0.25) is 4.79 Å². The zero-order valence-corrected chi connectivity index (χ0v) is 8.90. The molecule has 0 bridgehead atoms. The first-order chi connectivity index (χ1) is 7.09. The normalized spacial score (nSPS) is 10.3. The molecule has 0 saturated carbocycles. The van der Waals surface area contributed by atoms with E-state index in [0.717, 1.165) is 0 Å². The number of carbonyl (C=O) groups excluding carboxylic acids is 1. The Hall–Kier alpha value is -1.65. The van der Waals surface area contributed by atoms with Gasteiger partial charge in [0.1, 0.15) is 0 Å². The lowest BCUT2D eigenvalue weighted by Crippen LogP contribution is -2.29. The molecule has 1 rings (SSSR count). The van der Waals surface area contributed by atoms with E-state index in [2.05, 4.69) is 15.3 Å². The van der Waals surface area contributed by atoms with Crippen molar-refractivity contribution in [2.45, 2.75) is 20.3 Å². The standard InChI is InChI=1S/C10H15N3O2/c1-7(2)9(14)11-5-3-8-4-6-12-10(15)13-8/h4,6-7H,3,5H2,1-2H3,(H,11,14)(H,12,13,15). The van der Waals surface area contributed by atoms with Crippen molar-refractivity contribution in [1.82, 2.24) is 15.3 Å². The highest BCUT2D eigenvalue weighted by molar-refractivity contribution is 5.77. The Morgan fingerprint density at radius 1 is 1.60 bits per heavy atom. The minimum Gasteiger partial charge on any atom is -0.479 e. The minimum absolute atomic E-state index is 0.0104. The molecular formula is C10H15N3O2. The Labute approximate surface area is 88.6 Å². The van der Waals surface area contributed by atoms with Crippen LogP contribution in [0.3, 0.4) is 0 Å². The molecule has 5 heteroatoms. The summed E-state index contributed by atoms with van der Waals surface area (Å²) in [4.78, 5) is 18.6. The largest absolute Gasteiger partial charge is 0.479 e. The maximum absolute atomic E-state index is 11.2. The second kappa shape index (κ2) is 5.29. The highest BCUT2D eigenvalue weighted by atomic mass is 16.3. The number of aromatic hydroxyl groups is 1. The van der Waals surface area contributed by atoms with E-state index in [0.29, 0.717) is 18.7 Å². The third-order valence-electron chi connectivity index (χ3n) is 1.91. The fraction of sp³-hybridized carbons (Fsp3) is 0.500. The number of rotatable bonds is 4. The van der Waals surface area contributed by atoms with Gasteiger partial charge in [-0.25, -0.2) is 9.97 Å². The molecule has 0 unspecified atom stereocenters. The number of nitrogens with zero attached hydrogens (tertiary/aromatic N) is 2. The van der Waals surface area contributed by atoms with Crippen LogP contribution < -0.4 is 5.32 Å². The second-order valence-corrected chi connectivity index (χ2v) is 3.54. The summed E-state index contributed by atoms with van der Waals surface area (Å²) in [5.41, 5.74) is 0.714. The first-order valence-corrected chi connectivity index (χ1v) is 4.88. The summed E-state index contributed by atoms with van der Waals surface area (Å²) in [6.45, 7) is 4.20.